The smallest absolute Gasteiger partial charge is 0.415 e. The molecule has 114 valence electrons. The normalized spacial score (nSPS) is 17.3. The van der Waals surface area contributed by atoms with Gasteiger partial charge in [0.15, 0.2) is 5.54 Å². The van der Waals surface area contributed by atoms with Crippen molar-refractivity contribution in [1.82, 2.24) is 4.90 Å². The molecule has 1 atom stereocenters. The van der Waals surface area contributed by atoms with Crippen LogP contribution in [0.4, 0.5) is 13.2 Å². The Labute approximate surface area is 118 Å². The Kier molecular flexibility index (Phi) is 3.45. The molecule has 1 aromatic carbocycles. The number of nitrogens with two attached hydrogens (primary N) is 1. The maximum atomic E-state index is 12.8. The summed E-state index contributed by atoms with van der Waals surface area (Å²) in [5, 5.41) is 8.88. The van der Waals surface area contributed by atoms with E-state index in [1.165, 1.54) is 18.2 Å². The van der Waals surface area contributed by atoms with Crippen molar-refractivity contribution in [2.45, 2.75) is 31.7 Å². The molecule has 0 bridgehead atoms. The maximum Gasteiger partial charge on any atom is 0.415 e. The number of amides is 1. The Morgan fingerprint density at radius 3 is 2.33 bits per heavy atom. The molecule has 0 aliphatic carbocycles. The third-order valence-corrected chi connectivity index (χ3v) is 3.50. The number of halogens is 3. The highest BCUT2D eigenvalue weighted by Crippen LogP contribution is 2.33. The van der Waals surface area contributed by atoms with Gasteiger partial charge in [0.05, 0.1) is 5.56 Å². The molecule has 1 amide bonds. The van der Waals surface area contributed by atoms with Crippen LogP contribution in [-0.4, -0.2) is 33.6 Å². The number of benzene rings is 1. The van der Waals surface area contributed by atoms with Crippen molar-refractivity contribution in [3.63, 3.8) is 0 Å². The van der Waals surface area contributed by atoms with Crippen LogP contribution in [0.3, 0.4) is 0 Å². The monoisotopic (exact) mass is 302 g/mol. The molecule has 1 unspecified atom stereocenters. The molecule has 1 aliphatic heterocycles. The van der Waals surface area contributed by atoms with Crippen LogP contribution in [0.5, 0.6) is 0 Å². The number of rotatable bonds is 2. The molecule has 21 heavy (non-hydrogen) atoms. The van der Waals surface area contributed by atoms with Crippen LogP contribution in [0.1, 0.15) is 28.4 Å². The molecule has 1 heterocycles. The minimum absolute atomic E-state index is 0.0169. The summed E-state index contributed by atoms with van der Waals surface area (Å²) in [4.78, 5) is 23.8. The SMILES string of the molecule is CC(N)(C(=O)N1Cc2ccc(C(=O)O)cc2C1)C(F)(F)F. The lowest BCUT2D eigenvalue weighted by atomic mass is 10.0. The summed E-state index contributed by atoms with van der Waals surface area (Å²) in [5.74, 6) is -2.37. The molecular formula is C13H13F3N2O3. The van der Waals surface area contributed by atoms with Crippen LogP contribution < -0.4 is 5.73 Å². The van der Waals surface area contributed by atoms with Gasteiger partial charge in [-0.15, -0.1) is 0 Å². The van der Waals surface area contributed by atoms with Gasteiger partial charge in [0.1, 0.15) is 0 Å². The number of hydrogen-bond acceptors (Lipinski definition) is 3. The molecule has 1 aliphatic rings. The highest BCUT2D eigenvalue weighted by atomic mass is 19.4. The molecule has 8 heteroatoms. The van der Waals surface area contributed by atoms with Crippen LogP contribution in [0.25, 0.3) is 0 Å². The van der Waals surface area contributed by atoms with Gasteiger partial charge in [0.25, 0.3) is 5.91 Å². The summed E-state index contributed by atoms with van der Waals surface area (Å²) in [7, 11) is 0. The lowest BCUT2D eigenvalue weighted by Crippen LogP contribution is -2.61. The number of alkyl halides is 3. The maximum absolute atomic E-state index is 12.8. The van der Waals surface area contributed by atoms with Gasteiger partial charge < -0.3 is 15.7 Å². The zero-order chi connectivity index (χ0) is 16.0. The quantitative estimate of drug-likeness (QED) is 0.867. The van der Waals surface area contributed by atoms with E-state index in [2.05, 4.69) is 0 Å². The van der Waals surface area contributed by atoms with Crippen LogP contribution in [0.15, 0.2) is 18.2 Å². The van der Waals surface area contributed by atoms with Crippen molar-refractivity contribution >= 4 is 11.9 Å². The van der Waals surface area contributed by atoms with E-state index in [1.807, 2.05) is 0 Å². The van der Waals surface area contributed by atoms with E-state index in [0.717, 1.165) is 4.90 Å². The van der Waals surface area contributed by atoms with E-state index in [4.69, 9.17) is 10.8 Å². The van der Waals surface area contributed by atoms with Gasteiger partial charge in [0, 0.05) is 13.1 Å². The van der Waals surface area contributed by atoms with Crippen molar-refractivity contribution in [2.24, 2.45) is 5.73 Å². The van der Waals surface area contributed by atoms with Crippen molar-refractivity contribution < 1.29 is 27.9 Å². The fraction of sp³-hybridized carbons (Fsp3) is 0.385. The standard InChI is InChI=1S/C13H13F3N2O3/c1-12(17,13(14,15)16)11(21)18-5-8-3-2-7(10(19)20)4-9(8)6-18/h2-4H,5-6,17H2,1H3,(H,19,20). The number of carbonyl (C=O) groups excluding carboxylic acids is 1. The van der Waals surface area contributed by atoms with E-state index in [9.17, 15) is 22.8 Å². The third kappa shape index (κ3) is 2.58. The van der Waals surface area contributed by atoms with Crippen LogP contribution in [0.2, 0.25) is 0 Å². The molecule has 2 rings (SSSR count). The Bertz CT molecular complexity index is 611. The zero-order valence-corrected chi connectivity index (χ0v) is 11.1. The number of fused-ring (bicyclic) bond motifs is 1. The van der Waals surface area contributed by atoms with Crippen LogP contribution in [0, 0.1) is 0 Å². The molecule has 0 saturated heterocycles. The minimum Gasteiger partial charge on any atom is -0.478 e. The highest BCUT2D eigenvalue weighted by molar-refractivity contribution is 5.89. The summed E-state index contributed by atoms with van der Waals surface area (Å²) < 4.78 is 38.4. The molecule has 3 N–H and O–H groups in total. The number of carboxylic acid groups (broad SMARTS) is 1. The average molecular weight is 302 g/mol. The van der Waals surface area contributed by atoms with Crippen molar-refractivity contribution in [1.29, 1.82) is 0 Å². The van der Waals surface area contributed by atoms with E-state index in [-0.39, 0.29) is 18.7 Å². The van der Waals surface area contributed by atoms with Crippen LogP contribution in [-0.2, 0) is 17.9 Å². The summed E-state index contributed by atoms with van der Waals surface area (Å²) in [6, 6.07) is 4.19. The topological polar surface area (TPSA) is 83.6 Å². The predicted molar refractivity (Wildman–Crippen MR) is 66.3 cm³/mol. The fourth-order valence-corrected chi connectivity index (χ4v) is 2.12. The Morgan fingerprint density at radius 2 is 1.81 bits per heavy atom. The molecule has 0 aromatic heterocycles. The molecule has 1 aromatic rings. The summed E-state index contributed by atoms with van der Waals surface area (Å²) >= 11 is 0. The molecule has 0 spiro atoms. The van der Waals surface area contributed by atoms with Crippen molar-refractivity contribution in [3.8, 4) is 0 Å². The van der Waals surface area contributed by atoms with Crippen molar-refractivity contribution in [2.75, 3.05) is 0 Å². The van der Waals surface area contributed by atoms with Gasteiger partial charge >= 0.3 is 12.1 Å². The molecule has 0 radical (unpaired) electrons. The van der Waals surface area contributed by atoms with Gasteiger partial charge in [-0.25, -0.2) is 4.79 Å². The highest BCUT2D eigenvalue weighted by Gasteiger charge is 2.55. The van der Waals surface area contributed by atoms with Gasteiger partial charge in [0.2, 0.25) is 0 Å². The summed E-state index contributed by atoms with van der Waals surface area (Å²) in [6.45, 7) is 0.524. The van der Waals surface area contributed by atoms with E-state index < -0.39 is 23.6 Å². The van der Waals surface area contributed by atoms with Crippen molar-refractivity contribution in [3.05, 3.63) is 34.9 Å². The number of carbonyl (C=O) groups is 2. The first-order chi connectivity index (χ1) is 9.54. The zero-order valence-electron chi connectivity index (χ0n) is 11.1. The number of nitrogens with zero attached hydrogens (tertiary/aromatic N) is 1. The first-order valence-electron chi connectivity index (χ1n) is 6.04. The number of carboxylic acids is 1. The second-order valence-electron chi connectivity index (χ2n) is 5.15. The first kappa shape index (κ1) is 15.3. The second-order valence-corrected chi connectivity index (χ2v) is 5.15. The van der Waals surface area contributed by atoms with E-state index in [0.29, 0.717) is 18.1 Å². The summed E-state index contributed by atoms with van der Waals surface area (Å²) in [5.41, 5.74) is 3.31. The number of aromatic carboxylic acids is 1. The van der Waals surface area contributed by atoms with Crippen LogP contribution >= 0.6 is 0 Å². The van der Waals surface area contributed by atoms with E-state index in [1.54, 1.807) is 0 Å². The van der Waals surface area contributed by atoms with E-state index >= 15 is 0 Å². The van der Waals surface area contributed by atoms with Gasteiger partial charge in [-0.1, -0.05) is 6.07 Å². The largest absolute Gasteiger partial charge is 0.478 e. The third-order valence-electron chi connectivity index (χ3n) is 3.50. The lowest BCUT2D eigenvalue weighted by Gasteiger charge is -2.30. The van der Waals surface area contributed by atoms with Gasteiger partial charge in [-0.2, -0.15) is 13.2 Å². The minimum atomic E-state index is -4.86. The Balaban J connectivity index is 2.24. The van der Waals surface area contributed by atoms with Gasteiger partial charge in [-0.3, -0.25) is 4.79 Å². The summed E-state index contributed by atoms with van der Waals surface area (Å²) in [6.07, 6.45) is -4.86. The average Bonchev–Trinajstić information content (AvgIpc) is 2.78. The molecular weight excluding hydrogens is 289 g/mol. The lowest BCUT2D eigenvalue weighted by molar-refractivity contribution is -0.194. The molecule has 5 nitrogen and oxygen atoms in total. The second kappa shape index (κ2) is 4.73. The Hall–Kier alpha value is -2.09. The molecule has 0 fully saturated rings. The first-order valence-corrected chi connectivity index (χ1v) is 6.04. The predicted octanol–water partition coefficient (Wildman–Crippen LogP) is 1.51. The fourth-order valence-electron chi connectivity index (χ4n) is 2.12. The Morgan fingerprint density at radius 1 is 1.24 bits per heavy atom. The molecule has 0 saturated carbocycles. The van der Waals surface area contributed by atoms with Gasteiger partial charge in [-0.05, 0) is 30.2 Å². The number of hydrogen-bond donors (Lipinski definition) is 2.